The van der Waals surface area contributed by atoms with Crippen molar-refractivity contribution in [3.8, 4) is 17.2 Å². The molecule has 0 aromatic heterocycles. The number of rotatable bonds is 6. The highest BCUT2D eigenvalue weighted by molar-refractivity contribution is 6.10. The number of nitrogens with one attached hydrogen (secondary N) is 1. The lowest BCUT2D eigenvalue weighted by Crippen LogP contribution is -2.35. The van der Waals surface area contributed by atoms with Gasteiger partial charge in [0.05, 0.1) is 37.7 Å². The first-order valence-corrected chi connectivity index (χ1v) is 10.6. The topological polar surface area (TPSA) is 94.1 Å². The van der Waals surface area contributed by atoms with E-state index in [4.69, 9.17) is 14.2 Å². The first-order valence-electron chi connectivity index (χ1n) is 10.6. The largest absolute Gasteiger partial charge is 0.493 e. The van der Waals surface area contributed by atoms with Crippen LogP contribution >= 0.6 is 0 Å². The zero-order valence-electron chi connectivity index (χ0n) is 18.2. The molecule has 5 rings (SSSR count). The number of aliphatic carboxylic acids is 1. The average molecular weight is 445 g/mol. The number of methoxy groups -OCH3 is 2. The fourth-order valence-corrected chi connectivity index (χ4v) is 4.92. The van der Waals surface area contributed by atoms with Gasteiger partial charge in [-0.15, -0.1) is 0 Å². The molecular weight excluding hydrogens is 422 g/mol. The maximum atomic E-state index is 13.8. The van der Waals surface area contributed by atoms with Gasteiger partial charge in [0.15, 0.2) is 17.3 Å². The number of hydrogen-bond donors (Lipinski definition) is 2. The fraction of sp³-hybridized carbons (Fsp3) is 0.231. The molecule has 168 valence electrons. The molecule has 1 aliphatic heterocycles. The van der Waals surface area contributed by atoms with Crippen molar-refractivity contribution in [2.24, 2.45) is 5.92 Å². The summed E-state index contributed by atoms with van der Waals surface area (Å²) < 4.78 is 17.3. The van der Waals surface area contributed by atoms with Gasteiger partial charge in [-0.1, -0.05) is 48.5 Å². The average Bonchev–Trinajstić information content (AvgIpc) is 3.11. The Morgan fingerprint density at radius 3 is 2.39 bits per heavy atom. The van der Waals surface area contributed by atoms with Crippen LogP contribution in [0.25, 0.3) is 0 Å². The Labute approximate surface area is 190 Å². The molecule has 0 saturated carbocycles. The van der Waals surface area contributed by atoms with Gasteiger partial charge in [0, 0.05) is 5.69 Å². The Bertz CT molecular complexity index is 1240. The standard InChI is InChI=1S/C26H23NO6/c1-31-18-12-16-20(25(24(18)32-2)33-13-14-8-4-3-5-9-14)23(28)21-19(26(29)30)15-10-6-7-11-17(15)27-22(16)21/h3-12,19,21-22,27H,13H2,1-2H3,(H,29,30)/t19-,21-,22-/m0/s1. The highest BCUT2D eigenvalue weighted by atomic mass is 16.5. The van der Waals surface area contributed by atoms with Crippen LogP contribution in [-0.4, -0.2) is 31.1 Å². The molecule has 3 aromatic carbocycles. The van der Waals surface area contributed by atoms with Gasteiger partial charge in [0.2, 0.25) is 5.75 Å². The fourth-order valence-electron chi connectivity index (χ4n) is 4.92. The Morgan fingerprint density at radius 2 is 1.70 bits per heavy atom. The molecule has 7 nitrogen and oxygen atoms in total. The third kappa shape index (κ3) is 3.28. The molecule has 33 heavy (non-hydrogen) atoms. The number of carbonyl (C=O) groups excluding carboxylic acids is 1. The second-order valence-electron chi connectivity index (χ2n) is 8.09. The number of para-hydroxylation sites is 1. The normalized spacial score (nSPS) is 20.2. The first kappa shape index (κ1) is 20.9. The molecule has 0 amide bonds. The Morgan fingerprint density at radius 1 is 0.970 bits per heavy atom. The van der Waals surface area contributed by atoms with Crippen LogP contribution in [0.3, 0.4) is 0 Å². The van der Waals surface area contributed by atoms with E-state index in [0.29, 0.717) is 33.9 Å². The van der Waals surface area contributed by atoms with E-state index in [0.717, 1.165) is 5.56 Å². The number of fused-ring (bicyclic) bond motifs is 4. The number of carboxylic acids is 1. The number of ether oxygens (including phenoxy) is 3. The molecule has 7 heteroatoms. The van der Waals surface area contributed by atoms with E-state index in [2.05, 4.69) is 5.32 Å². The number of carbonyl (C=O) groups is 2. The minimum absolute atomic E-state index is 0.218. The molecule has 1 aliphatic carbocycles. The summed E-state index contributed by atoms with van der Waals surface area (Å²) in [5.74, 6) is -2.12. The molecule has 1 heterocycles. The monoisotopic (exact) mass is 445 g/mol. The Balaban J connectivity index is 1.66. The lowest BCUT2D eigenvalue weighted by Gasteiger charge is -2.34. The summed E-state index contributed by atoms with van der Waals surface area (Å²) in [7, 11) is 3.00. The van der Waals surface area contributed by atoms with Crippen LogP contribution in [0, 0.1) is 5.92 Å². The zero-order chi connectivity index (χ0) is 23.1. The molecule has 0 saturated heterocycles. The second-order valence-corrected chi connectivity index (χ2v) is 8.09. The smallest absolute Gasteiger partial charge is 0.311 e. The highest BCUT2D eigenvalue weighted by Crippen LogP contribution is 2.56. The van der Waals surface area contributed by atoms with Crippen molar-refractivity contribution in [1.29, 1.82) is 0 Å². The van der Waals surface area contributed by atoms with Crippen LogP contribution in [0.5, 0.6) is 17.2 Å². The quantitative estimate of drug-likeness (QED) is 0.580. The van der Waals surface area contributed by atoms with Crippen LogP contribution in [0.1, 0.15) is 39.0 Å². The molecule has 2 N–H and O–H groups in total. The maximum absolute atomic E-state index is 13.8. The van der Waals surface area contributed by atoms with Gasteiger partial charge in [-0.25, -0.2) is 0 Å². The van der Waals surface area contributed by atoms with Gasteiger partial charge in [-0.2, -0.15) is 0 Å². The van der Waals surface area contributed by atoms with E-state index in [9.17, 15) is 14.7 Å². The number of anilines is 1. The Kier molecular flexibility index (Phi) is 5.17. The number of benzene rings is 3. The summed E-state index contributed by atoms with van der Waals surface area (Å²) in [5, 5.41) is 13.5. The molecule has 0 bridgehead atoms. The van der Waals surface area contributed by atoms with Gasteiger partial charge >= 0.3 is 5.97 Å². The summed E-state index contributed by atoms with van der Waals surface area (Å²) >= 11 is 0. The maximum Gasteiger partial charge on any atom is 0.311 e. The third-order valence-electron chi connectivity index (χ3n) is 6.36. The molecule has 0 spiro atoms. The van der Waals surface area contributed by atoms with Crippen LogP contribution in [0.15, 0.2) is 60.7 Å². The van der Waals surface area contributed by atoms with E-state index in [1.165, 1.54) is 14.2 Å². The molecule has 2 aliphatic rings. The van der Waals surface area contributed by atoms with Crippen molar-refractivity contribution in [2.45, 2.75) is 18.6 Å². The molecule has 0 unspecified atom stereocenters. The van der Waals surface area contributed by atoms with E-state index < -0.39 is 23.8 Å². The number of carboxylic acid groups (broad SMARTS) is 1. The van der Waals surface area contributed by atoms with Gasteiger partial charge in [-0.05, 0) is 28.8 Å². The predicted octanol–water partition coefficient (Wildman–Crippen LogP) is 4.43. The number of hydrogen-bond acceptors (Lipinski definition) is 6. The van der Waals surface area contributed by atoms with Crippen LogP contribution in [0.4, 0.5) is 5.69 Å². The van der Waals surface area contributed by atoms with Gasteiger partial charge < -0.3 is 24.6 Å². The lowest BCUT2D eigenvalue weighted by atomic mass is 9.77. The van der Waals surface area contributed by atoms with Crippen LogP contribution < -0.4 is 19.5 Å². The minimum Gasteiger partial charge on any atom is -0.493 e. The number of ketones is 1. The SMILES string of the molecule is COc1cc2c(c(OCc3ccccc3)c1OC)C(=O)[C@@H]1[C@H]2Nc2ccccc2[C@@H]1C(=O)O. The van der Waals surface area contributed by atoms with E-state index in [1.807, 2.05) is 42.5 Å². The zero-order valence-corrected chi connectivity index (χ0v) is 18.2. The number of Topliss-reactive ketones (excluding diaryl/α,β-unsaturated/α-hetero) is 1. The van der Waals surface area contributed by atoms with Crippen molar-refractivity contribution in [3.63, 3.8) is 0 Å². The summed E-state index contributed by atoms with van der Waals surface area (Å²) in [6.07, 6.45) is 0. The first-order chi connectivity index (χ1) is 16.0. The molecule has 0 fully saturated rings. The van der Waals surface area contributed by atoms with Crippen molar-refractivity contribution >= 4 is 17.4 Å². The van der Waals surface area contributed by atoms with Crippen LogP contribution in [-0.2, 0) is 11.4 Å². The predicted molar refractivity (Wildman–Crippen MR) is 121 cm³/mol. The highest BCUT2D eigenvalue weighted by Gasteiger charge is 2.53. The van der Waals surface area contributed by atoms with Gasteiger partial charge in [-0.3, -0.25) is 9.59 Å². The Hall–Kier alpha value is -4.00. The molecule has 3 atom stereocenters. The van der Waals surface area contributed by atoms with E-state index in [-0.39, 0.29) is 18.1 Å². The van der Waals surface area contributed by atoms with E-state index >= 15 is 0 Å². The third-order valence-corrected chi connectivity index (χ3v) is 6.36. The van der Waals surface area contributed by atoms with Crippen molar-refractivity contribution in [1.82, 2.24) is 0 Å². The van der Waals surface area contributed by atoms with Crippen molar-refractivity contribution < 1.29 is 28.9 Å². The van der Waals surface area contributed by atoms with Crippen molar-refractivity contribution in [3.05, 3.63) is 82.9 Å². The summed E-state index contributed by atoms with van der Waals surface area (Å²) in [4.78, 5) is 26.1. The minimum atomic E-state index is -1.04. The van der Waals surface area contributed by atoms with E-state index in [1.54, 1.807) is 18.2 Å². The van der Waals surface area contributed by atoms with Gasteiger partial charge in [0.25, 0.3) is 0 Å². The summed E-state index contributed by atoms with van der Waals surface area (Å²) in [6, 6.07) is 18.0. The molecule has 3 aromatic rings. The lowest BCUT2D eigenvalue weighted by molar-refractivity contribution is -0.140. The van der Waals surface area contributed by atoms with Gasteiger partial charge in [0.1, 0.15) is 6.61 Å². The summed E-state index contributed by atoms with van der Waals surface area (Å²) in [5.41, 5.74) is 3.20. The molecule has 0 radical (unpaired) electrons. The van der Waals surface area contributed by atoms with Crippen LogP contribution in [0.2, 0.25) is 0 Å². The molecular formula is C26H23NO6. The summed E-state index contributed by atoms with van der Waals surface area (Å²) in [6.45, 7) is 0.218. The van der Waals surface area contributed by atoms with Crippen molar-refractivity contribution in [2.75, 3.05) is 19.5 Å². The second kappa shape index (κ2) is 8.16.